The highest BCUT2D eigenvalue weighted by atomic mass is 19.1. The van der Waals surface area contributed by atoms with Gasteiger partial charge in [-0.25, -0.2) is 9.18 Å². The fourth-order valence-electron chi connectivity index (χ4n) is 2.18. The van der Waals surface area contributed by atoms with Crippen molar-refractivity contribution in [2.24, 2.45) is 0 Å². The van der Waals surface area contributed by atoms with Crippen molar-refractivity contribution < 1.29 is 18.8 Å². The summed E-state index contributed by atoms with van der Waals surface area (Å²) in [4.78, 5) is 10.8. The minimum Gasteiger partial charge on any atom is -0.476 e. The van der Waals surface area contributed by atoms with E-state index in [1.54, 1.807) is 19.1 Å². The van der Waals surface area contributed by atoms with Crippen LogP contribution in [-0.2, 0) is 6.54 Å². The lowest BCUT2D eigenvalue weighted by Gasteiger charge is -2.06. The smallest absolute Gasteiger partial charge is 0.356 e. The molecule has 0 aliphatic rings. The summed E-state index contributed by atoms with van der Waals surface area (Å²) < 4.78 is 18.6. The van der Waals surface area contributed by atoms with Gasteiger partial charge in [0, 0.05) is 17.7 Å². The number of carbonyl (C=O) groups is 1. The number of aryl methyl sites for hydroxylation is 1. The Hall–Kier alpha value is -3.29. The third-order valence-corrected chi connectivity index (χ3v) is 3.41. The summed E-state index contributed by atoms with van der Waals surface area (Å²) in [5.74, 6) is -0.498. The van der Waals surface area contributed by atoms with Crippen molar-refractivity contribution in [1.82, 2.24) is 15.4 Å². The Labute approximate surface area is 136 Å². The molecule has 2 N–H and O–H groups in total. The SMILES string of the molecule is Cc1onc(-c2cccc(F)c2)c1CNc1ccc(C(=O)O)nn1. The Kier molecular flexibility index (Phi) is 4.19. The van der Waals surface area contributed by atoms with Gasteiger partial charge in [-0.15, -0.1) is 10.2 Å². The van der Waals surface area contributed by atoms with Crippen molar-refractivity contribution in [1.29, 1.82) is 0 Å². The number of carboxylic acids is 1. The van der Waals surface area contributed by atoms with Crippen LogP contribution >= 0.6 is 0 Å². The summed E-state index contributed by atoms with van der Waals surface area (Å²) in [6.45, 7) is 2.08. The van der Waals surface area contributed by atoms with Crippen LogP contribution < -0.4 is 5.32 Å². The summed E-state index contributed by atoms with van der Waals surface area (Å²) in [7, 11) is 0. The minimum absolute atomic E-state index is 0.137. The van der Waals surface area contributed by atoms with Gasteiger partial charge in [-0.1, -0.05) is 17.3 Å². The molecule has 0 saturated carbocycles. The van der Waals surface area contributed by atoms with E-state index in [4.69, 9.17) is 9.63 Å². The van der Waals surface area contributed by atoms with Crippen LogP contribution in [0.1, 0.15) is 21.8 Å². The predicted molar refractivity (Wildman–Crippen MR) is 83.0 cm³/mol. The second kappa shape index (κ2) is 6.45. The molecule has 0 spiro atoms. The van der Waals surface area contributed by atoms with Crippen molar-refractivity contribution in [3.8, 4) is 11.3 Å². The molecule has 122 valence electrons. The van der Waals surface area contributed by atoms with Crippen LogP contribution in [0.4, 0.5) is 10.2 Å². The third-order valence-electron chi connectivity index (χ3n) is 3.41. The zero-order valence-corrected chi connectivity index (χ0v) is 12.7. The maximum atomic E-state index is 13.4. The Morgan fingerprint density at radius 3 is 2.79 bits per heavy atom. The molecule has 3 aromatic rings. The van der Waals surface area contributed by atoms with Crippen molar-refractivity contribution in [2.75, 3.05) is 5.32 Å². The van der Waals surface area contributed by atoms with E-state index in [1.807, 2.05) is 0 Å². The van der Waals surface area contributed by atoms with Gasteiger partial charge >= 0.3 is 5.97 Å². The number of carboxylic acid groups (broad SMARTS) is 1. The number of aromatic carboxylic acids is 1. The molecule has 0 amide bonds. The molecule has 0 unspecified atom stereocenters. The van der Waals surface area contributed by atoms with Gasteiger partial charge < -0.3 is 14.9 Å². The Bertz CT molecular complexity index is 877. The Morgan fingerprint density at radius 2 is 2.12 bits per heavy atom. The number of hydrogen-bond donors (Lipinski definition) is 2. The highest BCUT2D eigenvalue weighted by Crippen LogP contribution is 2.26. The highest BCUT2D eigenvalue weighted by Gasteiger charge is 2.15. The number of benzene rings is 1. The topological polar surface area (TPSA) is 101 Å². The molecule has 0 aliphatic carbocycles. The highest BCUT2D eigenvalue weighted by molar-refractivity contribution is 5.85. The van der Waals surface area contributed by atoms with E-state index in [1.165, 1.54) is 24.3 Å². The first-order chi connectivity index (χ1) is 11.5. The van der Waals surface area contributed by atoms with Crippen LogP contribution in [0, 0.1) is 12.7 Å². The largest absolute Gasteiger partial charge is 0.476 e. The van der Waals surface area contributed by atoms with Crippen LogP contribution in [0.3, 0.4) is 0 Å². The second-order valence-electron chi connectivity index (χ2n) is 5.04. The molecule has 7 nitrogen and oxygen atoms in total. The molecule has 8 heteroatoms. The number of anilines is 1. The number of nitrogens with one attached hydrogen (secondary N) is 1. The van der Waals surface area contributed by atoms with E-state index in [9.17, 15) is 9.18 Å². The van der Waals surface area contributed by atoms with E-state index < -0.39 is 5.97 Å². The first-order valence-corrected chi connectivity index (χ1v) is 7.06. The second-order valence-corrected chi connectivity index (χ2v) is 5.04. The van der Waals surface area contributed by atoms with Crippen LogP contribution in [0.15, 0.2) is 40.9 Å². The summed E-state index contributed by atoms with van der Waals surface area (Å²) in [6.07, 6.45) is 0. The molecule has 1 aromatic carbocycles. The van der Waals surface area contributed by atoms with Crippen molar-refractivity contribution in [3.05, 3.63) is 59.2 Å². The predicted octanol–water partition coefficient (Wildman–Crippen LogP) is 2.89. The number of aromatic nitrogens is 3. The maximum Gasteiger partial charge on any atom is 0.356 e. The number of halogens is 1. The number of hydrogen-bond acceptors (Lipinski definition) is 6. The molecule has 0 radical (unpaired) electrons. The van der Waals surface area contributed by atoms with Gasteiger partial charge in [0.05, 0.1) is 0 Å². The fourth-order valence-corrected chi connectivity index (χ4v) is 2.18. The van der Waals surface area contributed by atoms with Gasteiger partial charge in [-0.3, -0.25) is 0 Å². The van der Waals surface area contributed by atoms with E-state index in [-0.39, 0.29) is 11.5 Å². The zero-order valence-electron chi connectivity index (χ0n) is 12.7. The van der Waals surface area contributed by atoms with Gasteiger partial charge in [-0.05, 0) is 31.2 Å². The summed E-state index contributed by atoms with van der Waals surface area (Å²) >= 11 is 0. The summed E-state index contributed by atoms with van der Waals surface area (Å²) in [5.41, 5.74) is 1.76. The first-order valence-electron chi connectivity index (χ1n) is 7.06. The number of nitrogens with zero attached hydrogens (tertiary/aromatic N) is 3. The van der Waals surface area contributed by atoms with E-state index >= 15 is 0 Å². The van der Waals surface area contributed by atoms with E-state index in [0.29, 0.717) is 29.4 Å². The average molecular weight is 328 g/mol. The van der Waals surface area contributed by atoms with E-state index in [0.717, 1.165) is 5.56 Å². The lowest BCUT2D eigenvalue weighted by atomic mass is 10.1. The molecule has 3 rings (SSSR count). The maximum absolute atomic E-state index is 13.4. The molecular weight excluding hydrogens is 315 g/mol. The lowest BCUT2D eigenvalue weighted by molar-refractivity contribution is 0.0689. The third kappa shape index (κ3) is 3.22. The summed E-state index contributed by atoms with van der Waals surface area (Å²) in [6, 6.07) is 8.94. The Balaban J connectivity index is 1.80. The van der Waals surface area contributed by atoms with Crippen LogP contribution in [0.5, 0.6) is 0 Å². The minimum atomic E-state index is -1.14. The first kappa shape index (κ1) is 15.6. The monoisotopic (exact) mass is 328 g/mol. The quantitative estimate of drug-likeness (QED) is 0.742. The molecular formula is C16H13FN4O3. The van der Waals surface area contributed by atoms with Gasteiger partial charge in [0.2, 0.25) is 0 Å². The molecule has 0 saturated heterocycles. The average Bonchev–Trinajstić information content (AvgIpc) is 2.94. The van der Waals surface area contributed by atoms with Gasteiger partial charge in [0.15, 0.2) is 5.69 Å². The summed E-state index contributed by atoms with van der Waals surface area (Å²) in [5, 5.41) is 23.2. The lowest BCUT2D eigenvalue weighted by Crippen LogP contribution is -2.07. The van der Waals surface area contributed by atoms with Crippen molar-refractivity contribution in [2.45, 2.75) is 13.5 Å². The van der Waals surface area contributed by atoms with Gasteiger partial charge in [0.25, 0.3) is 0 Å². The Morgan fingerprint density at radius 1 is 1.29 bits per heavy atom. The van der Waals surface area contributed by atoms with Crippen LogP contribution in [0.25, 0.3) is 11.3 Å². The van der Waals surface area contributed by atoms with Gasteiger partial charge in [-0.2, -0.15) is 0 Å². The molecule has 2 heterocycles. The molecule has 2 aromatic heterocycles. The molecule has 0 bridgehead atoms. The normalized spacial score (nSPS) is 10.6. The molecule has 0 aliphatic heterocycles. The van der Waals surface area contributed by atoms with Crippen LogP contribution in [0.2, 0.25) is 0 Å². The van der Waals surface area contributed by atoms with Crippen molar-refractivity contribution in [3.63, 3.8) is 0 Å². The van der Waals surface area contributed by atoms with Crippen molar-refractivity contribution >= 4 is 11.8 Å². The standard InChI is InChI=1S/C16H13FN4O3/c1-9-12(8-18-14-6-5-13(16(22)23)19-20-14)15(21-24-9)10-3-2-4-11(17)7-10/h2-7H,8H2,1H3,(H,18,20)(H,22,23). The van der Waals surface area contributed by atoms with Crippen LogP contribution in [-0.4, -0.2) is 26.4 Å². The van der Waals surface area contributed by atoms with E-state index in [2.05, 4.69) is 20.7 Å². The zero-order chi connectivity index (χ0) is 17.1. The molecule has 0 atom stereocenters. The number of rotatable bonds is 5. The fraction of sp³-hybridized carbons (Fsp3) is 0.125. The molecule has 0 fully saturated rings. The van der Waals surface area contributed by atoms with Gasteiger partial charge in [0.1, 0.15) is 23.1 Å². The molecule has 24 heavy (non-hydrogen) atoms.